The van der Waals surface area contributed by atoms with Gasteiger partial charge in [-0.25, -0.2) is 8.42 Å². The van der Waals surface area contributed by atoms with Crippen LogP contribution in [0.4, 0.5) is 0 Å². The second-order valence-electron chi connectivity index (χ2n) is 5.21. The fourth-order valence-corrected chi connectivity index (χ4v) is 2.20. The highest BCUT2D eigenvalue weighted by Gasteiger charge is 2.01. The molecule has 1 aromatic carbocycles. The fraction of sp³-hybridized carbons (Fsp3) is 0.562. The van der Waals surface area contributed by atoms with Crippen LogP contribution in [0, 0.1) is 0 Å². The second kappa shape index (κ2) is 11.8. The number of nitrogens with zero attached hydrogens (tertiary/aromatic N) is 1. The van der Waals surface area contributed by atoms with Gasteiger partial charge in [0.15, 0.2) is 5.96 Å². The summed E-state index contributed by atoms with van der Waals surface area (Å²) >= 11 is 0. The number of guanidine groups is 1. The van der Waals surface area contributed by atoms with Gasteiger partial charge in [-0.15, -0.1) is 0 Å². The maximum atomic E-state index is 10.9. The number of sulfone groups is 1. The molecular weight excluding hydrogens is 330 g/mol. The average molecular weight is 357 g/mol. The van der Waals surface area contributed by atoms with Crippen molar-refractivity contribution in [3.05, 3.63) is 35.9 Å². The van der Waals surface area contributed by atoms with Crippen LogP contribution in [0.3, 0.4) is 0 Å². The number of rotatable bonds is 11. The molecule has 0 saturated heterocycles. The molecule has 1 aromatic rings. The zero-order valence-corrected chi connectivity index (χ0v) is 15.1. The van der Waals surface area contributed by atoms with Crippen LogP contribution >= 0.6 is 0 Å². The van der Waals surface area contributed by atoms with Gasteiger partial charge in [-0.1, -0.05) is 30.3 Å². The average Bonchev–Trinajstić information content (AvgIpc) is 2.55. The molecule has 7 nitrogen and oxygen atoms in total. The number of hydrogen-bond acceptors (Lipinski definition) is 5. The molecule has 1 rings (SSSR count). The molecule has 24 heavy (non-hydrogen) atoms. The Bertz CT molecular complexity index is 576. The van der Waals surface area contributed by atoms with Gasteiger partial charge in [-0.05, 0) is 5.56 Å². The lowest BCUT2D eigenvalue weighted by Crippen LogP contribution is -2.40. The number of aliphatic imine (C=N–C) groups is 1. The molecule has 0 amide bonds. The molecule has 0 saturated carbocycles. The molecule has 0 radical (unpaired) electrons. The van der Waals surface area contributed by atoms with E-state index in [9.17, 15) is 8.42 Å². The summed E-state index contributed by atoms with van der Waals surface area (Å²) in [6, 6.07) is 10.0. The third-order valence-electron chi connectivity index (χ3n) is 3.01. The van der Waals surface area contributed by atoms with E-state index in [1.807, 2.05) is 30.3 Å². The van der Waals surface area contributed by atoms with Crippen LogP contribution in [0.15, 0.2) is 35.3 Å². The van der Waals surface area contributed by atoms with Crippen LogP contribution in [0.25, 0.3) is 0 Å². The largest absolute Gasteiger partial charge is 0.379 e. The summed E-state index contributed by atoms with van der Waals surface area (Å²) in [7, 11) is -1.28. The number of nitrogens with one attached hydrogen (secondary N) is 2. The Morgan fingerprint density at radius 1 is 1.04 bits per heavy atom. The van der Waals surface area contributed by atoms with E-state index in [4.69, 9.17) is 9.47 Å². The minimum atomic E-state index is -2.97. The van der Waals surface area contributed by atoms with E-state index in [1.54, 1.807) is 7.05 Å². The Hall–Kier alpha value is -1.64. The molecule has 8 heteroatoms. The van der Waals surface area contributed by atoms with E-state index in [1.165, 1.54) is 6.26 Å². The first-order valence-electron chi connectivity index (χ1n) is 7.83. The molecule has 2 N–H and O–H groups in total. The SMILES string of the molecule is CN=C(NCCOCCS(C)(=O)=O)NCCOCc1ccccc1. The van der Waals surface area contributed by atoms with Gasteiger partial charge < -0.3 is 20.1 Å². The summed E-state index contributed by atoms with van der Waals surface area (Å²) in [4.78, 5) is 4.09. The summed E-state index contributed by atoms with van der Waals surface area (Å²) in [6.45, 7) is 2.97. The van der Waals surface area contributed by atoms with Crippen molar-refractivity contribution < 1.29 is 17.9 Å². The molecule has 0 aliphatic heterocycles. The Labute approximate surface area is 144 Å². The van der Waals surface area contributed by atoms with Crippen LogP contribution in [-0.2, 0) is 25.9 Å². The number of benzene rings is 1. The molecule has 0 heterocycles. The van der Waals surface area contributed by atoms with E-state index in [0.717, 1.165) is 5.56 Å². The van der Waals surface area contributed by atoms with Gasteiger partial charge >= 0.3 is 0 Å². The molecule has 0 bridgehead atoms. The third-order valence-corrected chi connectivity index (χ3v) is 3.92. The van der Waals surface area contributed by atoms with Gasteiger partial charge in [0, 0.05) is 26.4 Å². The maximum absolute atomic E-state index is 10.9. The molecule has 0 atom stereocenters. The lowest BCUT2D eigenvalue weighted by Gasteiger charge is -2.12. The Kier molecular flexibility index (Phi) is 10.1. The minimum absolute atomic E-state index is 0.0404. The van der Waals surface area contributed by atoms with E-state index in [-0.39, 0.29) is 12.4 Å². The molecule has 0 aliphatic carbocycles. The summed E-state index contributed by atoms with van der Waals surface area (Å²) in [5, 5.41) is 6.22. The molecule has 0 unspecified atom stereocenters. The molecule has 0 spiro atoms. The first-order valence-corrected chi connectivity index (χ1v) is 9.89. The molecular formula is C16H27N3O4S. The highest BCUT2D eigenvalue weighted by molar-refractivity contribution is 7.90. The molecule has 136 valence electrons. The summed E-state index contributed by atoms with van der Waals surface area (Å²) in [5.41, 5.74) is 1.14. The molecule has 0 aliphatic rings. The lowest BCUT2D eigenvalue weighted by atomic mass is 10.2. The maximum Gasteiger partial charge on any atom is 0.191 e. The van der Waals surface area contributed by atoms with Crippen molar-refractivity contribution in [1.29, 1.82) is 0 Å². The van der Waals surface area contributed by atoms with Crippen LogP contribution in [0.2, 0.25) is 0 Å². The quantitative estimate of drug-likeness (QED) is 0.339. The van der Waals surface area contributed by atoms with Gasteiger partial charge in [-0.2, -0.15) is 0 Å². The van der Waals surface area contributed by atoms with Gasteiger partial charge in [-0.3, -0.25) is 4.99 Å². The summed E-state index contributed by atoms with van der Waals surface area (Å²) in [5.74, 6) is 0.698. The van der Waals surface area contributed by atoms with E-state index in [0.29, 0.717) is 38.9 Å². The van der Waals surface area contributed by atoms with Crippen LogP contribution < -0.4 is 10.6 Å². The van der Waals surface area contributed by atoms with Crippen molar-refractivity contribution in [1.82, 2.24) is 10.6 Å². The van der Waals surface area contributed by atoms with Gasteiger partial charge in [0.2, 0.25) is 0 Å². The third kappa shape index (κ3) is 11.0. The van der Waals surface area contributed by atoms with E-state index < -0.39 is 9.84 Å². The Balaban J connectivity index is 2.02. The van der Waals surface area contributed by atoms with Crippen molar-refractivity contribution >= 4 is 15.8 Å². The zero-order valence-electron chi connectivity index (χ0n) is 14.3. The zero-order chi connectivity index (χ0) is 17.7. The monoisotopic (exact) mass is 357 g/mol. The number of hydrogen-bond donors (Lipinski definition) is 2. The normalized spacial score (nSPS) is 12.2. The first kappa shape index (κ1) is 20.4. The molecule has 0 fully saturated rings. The van der Waals surface area contributed by atoms with Crippen LogP contribution in [0.5, 0.6) is 0 Å². The van der Waals surface area contributed by atoms with Crippen molar-refractivity contribution in [2.24, 2.45) is 4.99 Å². The highest BCUT2D eigenvalue weighted by atomic mass is 32.2. The fourth-order valence-electron chi connectivity index (χ4n) is 1.78. The van der Waals surface area contributed by atoms with Crippen LogP contribution in [0.1, 0.15) is 5.56 Å². The smallest absolute Gasteiger partial charge is 0.191 e. The van der Waals surface area contributed by atoms with Crippen molar-refractivity contribution in [2.45, 2.75) is 6.61 Å². The topological polar surface area (TPSA) is 89.0 Å². The highest BCUT2D eigenvalue weighted by Crippen LogP contribution is 1.99. The van der Waals surface area contributed by atoms with Crippen molar-refractivity contribution in [3.8, 4) is 0 Å². The minimum Gasteiger partial charge on any atom is -0.379 e. The van der Waals surface area contributed by atoms with E-state index in [2.05, 4.69) is 15.6 Å². The summed E-state index contributed by atoms with van der Waals surface area (Å²) < 4.78 is 32.7. The Morgan fingerprint density at radius 2 is 1.67 bits per heavy atom. The van der Waals surface area contributed by atoms with Gasteiger partial charge in [0.05, 0.1) is 32.2 Å². The predicted molar refractivity (Wildman–Crippen MR) is 96.0 cm³/mol. The van der Waals surface area contributed by atoms with Crippen molar-refractivity contribution in [2.75, 3.05) is 52.0 Å². The van der Waals surface area contributed by atoms with Gasteiger partial charge in [0.25, 0.3) is 0 Å². The predicted octanol–water partition coefficient (Wildman–Crippen LogP) is 0.429. The first-order chi connectivity index (χ1) is 11.5. The molecule has 0 aromatic heterocycles. The lowest BCUT2D eigenvalue weighted by molar-refractivity contribution is 0.125. The second-order valence-corrected chi connectivity index (χ2v) is 7.47. The standard InChI is InChI=1S/C16H27N3O4S/c1-17-16(18-8-10-22-12-13-24(2,20)21)19-9-11-23-14-15-6-4-3-5-7-15/h3-7H,8-14H2,1-2H3,(H2,17,18,19). The van der Waals surface area contributed by atoms with Crippen LogP contribution in [-0.4, -0.2) is 66.3 Å². The van der Waals surface area contributed by atoms with Gasteiger partial charge in [0.1, 0.15) is 9.84 Å². The number of ether oxygens (including phenoxy) is 2. The van der Waals surface area contributed by atoms with E-state index >= 15 is 0 Å². The van der Waals surface area contributed by atoms with Crippen molar-refractivity contribution in [3.63, 3.8) is 0 Å². The summed E-state index contributed by atoms with van der Waals surface area (Å²) in [6.07, 6.45) is 1.19. The Morgan fingerprint density at radius 3 is 2.25 bits per heavy atom.